The number of amides is 2. The Balaban J connectivity index is 2.11. The minimum absolute atomic E-state index is 0.164. The summed E-state index contributed by atoms with van der Waals surface area (Å²) in [5.74, 6) is -0.472. The minimum atomic E-state index is -0.308. The van der Waals surface area contributed by atoms with Crippen LogP contribution in [0.5, 0.6) is 0 Å². The number of nitrogens with zero attached hydrogens (tertiary/aromatic N) is 1. The number of benzene rings is 1. The molecule has 0 atom stereocenters. The van der Waals surface area contributed by atoms with Gasteiger partial charge in [0.05, 0.1) is 0 Å². The van der Waals surface area contributed by atoms with Gasteiger partial charge in [-0.25, -0.2) is 0 Å². The van der Waals surface area contributed by atoms with E-state index in [9.17, 15) is 9.59 Å². The predicted molar refractivity (Wildman–Crippen MR) is 91.7 cm³/mol. The van der Waals surface area contributed by atoms with Gasteiger partial charge in [0.1, 0.15) is 5.69 Å². The zero-order valence-corrected chi connectivity index (χ0v) is 13.4. The van der Waals surface area contributed by atoms with Gasteiger partial charge in [-0.3, -0.25) is 14.6 Å². The van der Waals surface area contributed by atoms with Crippen molar-refractivity contribution in [1.29, 1.82) is 0 Å². The number of rotatable bonds is 5. The monoisotopic (exact) mass is 312 g/mol. The fraction of sp³-hybridized carbons (Fsp3) is 0.235. The Kier molecular flexibility index (Phi) is 5.30. The number of carbonyl (C=O) groups is 2. The molecule has 0 aliphatic carbocycles. The summed E-state index contributed by atoms with van der Waals surface area (Å²) in [4.78, 5) is 27.5. The van der Waals surface area contributed by atoms with Crippen LogP contribution in [-0.2, 0) is 4.79 Å². The van der Waals surface area contributed by atoms with E-state index in [4.69, 9.17) is 0 Å². The van der Waals surface area contributed by atoms with Crippen LogP contribution in [0.15, 0.2) is 42.6 Å². The van der Waals surface area contributed by atoms with Crippen molar-refractivity contribution in [3.63, 3.8) is 0 Å². The summed E-state index contributed by atoms with van der Waals surface area (Å²) >= 11 is 0. The summed E-state index contributed by atoms with van der Waals surface area (Å²) in [5, 5.41) is 8.67. The zero-order valence-electron chi connectivity index (χ0n) is 13.4. The first-order chi connectivity index (χ1) is 10.9. The van der Waals surface area contributed by atoms with Crippen molar-refractivity contribution in [1.82, 2.24) is 4.98 Å². The molecule has 3 N–H and O–H groups in total. The number of carbonyl (C=O) groups excluding carboxylic acids is 2. The molecule has 0 saturated heterocycles. The van der Waals surface area contributed by atoms with Gasteiger partial charge in [0.25, 0.3) is 5.91 Å². The summed E-state index contributed by atoms with van der Waals surface area (Å²) in [7, 11) is 0. The second-order valence-corrected chi connectivity index (χ2v) is 5.44. The first kappa shape index (κ1) is 16.5. The highest BCUT2D eigenvalue weighted by molar-refractivity contribution is 6.03. The SMILES string of the molecule is CC(=O)Nc1cccc(NC(=O)c2cc(NC(C)C)ccn2)c1. The van der Waals surface area contributed by atoms with Crippen LogP contribution in [0.25, 0.3) is 0 Å². The van der Waals surface area contributed by atoms with Gasteiger partial charge in [-0.2, -0.15) is 0 Å². The normalized spacial score (nSPS) is 10.3. The van der Waals surface area contributed by atoms with E-state index in [0.717, 1.165) is 5.69 Å². The molecule has 23 heavy (non-hydrogen) atoms. The van der Waals surface area contributed by atoms with Crippen molar-refractivity contribution in [2.75, 3.05) is 16.0 Å². The molecule has 0 saturated carbocycles. The average Bonchev–Trinajstić information content (AvgIpc) is 2.46. The highest BCUT2D eigenvalue weighted by Crippen LogP contribution is 2.16. The fourth-order valence-corrected chi connectivity index (χ4v) is 2.05. The highest BCUT2D eigenvalue weighted by Gasteiger charge is 2.09. The van der Waals surface area contributed by atoms with Crippen LogP contribution in [0.2, 0.25) is 0 Å². The molecule has 0 aliphatic heterocycles. The molecule has 0 aliphatic rings. The predicted octanol–water partition coefficient (Wildman–Crippen LogP) is 3.11. The molecule has 2 aromatic rings. The Morgan fingerprint density at radius 3 is 2.35 bits per heavy atom. The maximum atomic E-state index is 12.3. The van der Waals surface area contributed by atoms with Gasteiger partial charge < -0.3 is 16.0 Å². The molecule has 1 heterocycles. The van der Waals surface area contributed by atoms with Crippen LogP contribution in [0.3, 0.4) is 0 Å². The van der Waals surface area contributed by atoms with Crippen molar-refractivity contribution in [2.24, 2.45) is 0 Å². The topological polar surface area (TPSA) is 83.1 Å². The summed E-state index contributed by atoms with van der Waals surface area (Å²) in [5.41, 5.74) is 2.37. The molecule has 0 spiro atoms. The minimum Gasteiger partial charge on any atom is -0.383 e. The van der Waals surface area contributed by atoms with Crippen molar-refractivity contribution >= 4 is 28.9 Å². The van der Waals surface area contributed by atoms with E-state index in [1.165, 1.54) is 6.92 Å². The van der Waals surface area contributed by atoms with Crippen molar-refractivity contribution in [3.8, 4) is 0 Å². The molecular weight excluding hydrogens is 292 g/mol. The number of pyridine rings is 1. The molecular formula is C17H20N4O2. The summed E-state index contributed by atoms with van der Waals surface area (Å²) in [6.45, 7) is 5.48. The quantitative estimate of drug-likeness (QED) is 0.792. The van der Waals surface area contributed by atoms with Crippen molar-refractivity contribution in [2.45, 2.75) is 26.8 Å². The summed E-state index contributed by atoms with van der Waals surface area (Å²) < 4.78 is 0. The van der Waals surface area contributed by atoms with Gasteiger partial charge in [-0.15, -0.1) is 0 Å². The first-order valence-corrected chi connectivity index (χ1v) is 7.35. The Labute approximate surface area is 135 Å². The molecule has 1 aromatic carbocycles. The number of nitrogens with one attached hydrogen (secondary N) is 3. The lowest BCUT2D eigenvalue weighted by Crippen LogP contribution is -2.15. The van der Waals surface area contributed by atoms with Crippen molar-refractivity contribution < 1.29 is 9.59 Å². The largest absolute Gasteiger partial charge is 0.383 e. The Morgan fingerprint density at radius 1 is 1.00 bits per heavy atom. The zero-order chi connectivity index (χ0) is 16.8. The molecule has 0 bridgehead atoms. The third-order valence-electron chi connectivity index (χ3n) is 2.89. The Morgan fingerprint density at radius 2 is 1.70 bits per heavy atom. The van der Waals surface area contributed by atoms with Crippen LogP contribution in [0.1, 0.15) is 31.3 Å². The van der Waals surface area contributed by atoms with Gasteiger partial charge >= 0.3 is 0 Å². The highest BCUT2D eigenvalue weighted by atomic mass is 16.2. The maximum absolute atomic E-state index is 12.3. The summed E-state index contributed by atoms with van der Waals surface area (Å²) in [6, 6.07) is 10.7. The van der Waals surface area contributed by atoms with Gasteiger partial charge in [0.2, 0.25) is 5.91 Å². The third kappa shape index (κ3) is 5.10. The lowest BCUT2D eigenvalue weighted by Gasteiger charge is -2.11. The number of anilines is 3. The van der Waals surface area contributed by atoms with Crippen LogP contribution in [0, 0.1) is 0 Å². The van der Waals surface area contributed by atoms with Crippen LogP contribution in [-0.4, -0.2) is 22.8 Å². The van der Waals surface area contributed by atoms with E-state index in [2.05, 4.69) is 20.9 Å². The lowest BCUT2D eigenvalue weighted by atomic mass is 10.2. The molecule has 0 unspecified atom stereocenters. The van der Waals surface area contributed by atoms with E-state index in [1.54, 1.807) is 36.5 Å². The molecule has 2 rings (SSSR count). The summed E-state index contributed by atoms with van der Waals surface area (Å²) in [6.07, 6.45) is 1.59. The van der Waals surface area contributed by atoms with Gasteiger partial charge in [-0.05, 0) is 44.2 Å². The van der Waals surface area contributed by atoms with E-state index in [1.807, 2.05) is 19.9 Å². The second-order valence-electron chi connectivity index (χ2n) is 5.44. The van der Waals surface area contributed by atoms with Crippen LogP contribution in [0.4, 0.5) is 17.1 Å². The van der Waals surface area contributed by atoms with E-state index in [0.29, 0.717) is 17.1 Å². The molecule has 1 aromatic heterocycles. The number of hydrogen-bond donors (Lipinski definition) is 3. The smallest absolute Gasteiger partial charge is 0.274 e. The Hall–Kier alpha value is -2.89. The molecule has 0 fully saturated rings. The molecule has 6 heteroatoms. The number of hydrogen-bond acceptors (Lipinski definition) is 4. The fourth-order valence-electron chi connectivity index (χ4n) is 2.05. The third-order valence-corrected chi connectivity index (χ3v) is 2.89. The van der Waals surface area contributed by atoms with Crippen LogP contribution >= 0.6 is 0 Å². The Bertz CT molecular complexity index is 713. The molecule has 2 amide bonds. The average molecular weight is 312 g/mol. The number of aromatic nitrogens is 1. The van der Waals surface area contributed by atoms with Gasteiger partial charge in [0.15, 0.2) is 0 Å². The second kappa shape index (κ2) is 7.40. The van der Waals surface area contributed by atoms with E-state index in [-0.39, 0.29) is 17.9 Å². The van der Waals surface area contributed by atoms with Crippen LogP contribution < -0.4 is 16.0 Å². The first-order valence-electron chi connectivity index (χ1n) is 7.35. The van der Waals surface area contributed by atoms with E-state index < -0.39 is 0 Å². The van der Waals surface area contributed by atoms with Gasteiger partial charge in [0, 0.05) is 36.2 Å². The van der Waals surface area contributed by atoms with Crippen molar-refractivity contribution in [3.05, 3.63) is 48.3 Å². The standard InChI is InChI=1S/C17H20N4O2/c1-11(2)19-15-7-8-18-16(10-15)17(23)21-14-6-4-5-13(9-14)20-12(3)22/h4-11H,1-3H3,(H,18,19)(H,20,22)(H,21,23). The molecule has 120 valence electrons. The molecule has 0 radical (unpaired) electrons. The maximum Gasteiger partial charge on any atom is 0.274 e. The van der Waals surface area contributed by atoms with E-state index >= 15 is 0 Å². The lowest BCUT2D eigenvalue weighted by molar-refractivity contribution is -0.114. The van der Waals surface area contributed by atoms with Gasteiger partial charge in [-0.1, -0.05) is 6.07 Å². The molecule has 6 nitrogen and oxygen atoms in total.